The molecular weight excluding hydrogens is 146 g/mol. The molecule has 0 amide bonds. The molecule has 1 heterocycles. The molecule has 0 bridgehead atoms. The van der Waals surface area contributed by atoms with Crippen molar-refractivity contribution in [3.63, 3.8) is 0 Å². The molecule has 1 atom stereocenters. The number of hydrogen-bond donors (Lipinski definition) is 1. The fourth-order valence-electron chi connectivity index (χ4n) is 1.56. The van der Waals surface area contributed by atoms with Gasteiger partial charge in [0.1, 0.15) is 0 Å². The summed E-state index contributed by atoms with van der Waals surface area (Å²) >= 11 is 0. The van der Waals surface area contributed by atoms with Gasteiger partial charge < -0.3 is 4.98 Å². The van der Waals surface area contributed by atoms with Crippen LogP contribution in [0.5, 0.6) is 0 Å². The lowest BCUT2D eigenvalue weighted by Crippen LogP contribution is -2.24. The van der Waals surface area contributed by atoms with Crippen LogP contribution in [0.4, 0.5) is 0 Å². The third kappa shape index (κ3) is 1.02. The predicted octanol–water partition coefficient (Wildman–Crippen LogP) is 1.17. The van der Waals surface area contributed by atoms with Gasteiger partial charge in [0.2, 0.25) is 0 Å². The SMILES string of the molecule is CC1=c2[nH]ccc2=CC=CC1C. The Morgan fingerprint density at radius 3 is 3.08 bits per heavy atom. The molecule has 0 radical (unpaired) electrons. The average Bonchev–Trinajstić information content (AvgIpc) is 2.46. The summed E-state index contributed by atoms with van der Waals surface area (Å²) < 4.78 is 0. The number of allylic oxidation sites excluding steroid dienone is 2. The van der Waals surface area contributed by atoms with Crippen molar-refractivity contribution in [1.82, 2.24) is 4.98 Å². The van der Waals surface area contributed by atoms with E-state index in [0.717, 1.165) is 0 Å². The lowest BCUT2D eigenvalue weighted by atomic mass is 10.0. The lowest BCUT2D eigenvalue weighted by Gasteiger charge is -2.03. The minimum absolute atomic E-state index is 0.543. The van der Waals surface area contributed by atoms with E-state index in [4.69, 9.17) is 0 Å². The van der Waals surface area contributed by atoms with E-state index in [2.05, 4.69) is 43.1 Å². The Kier molecular flexibility index (Phi) is 1.65. The van der Waals surface area contributed by atoms with Crippen LogP contribution in [-0.4, -0.2) is 4.98 Å². The molecule has 0 fully saturated rings. The van der Waals surface area contributed by atoms with E-state index >= 15 is 0 Å². The van der Waals surface area contributed by atoms with E-state index in [1.165, 1.54) is 16.1 Å². The summed E-state index contributed by atoms with van der Waals surface area (Å²) in [6.45, 7) is 4.40. The maximum absolute atomic E-state index is 3.27. The van der Waals surface area contributed by atoms with Crippen molar-refractivity contribution in [2.75, 3.05) is 0 Å². The normalized spacial score (nSPS) is 21.5. The molecule has 1 aliphatic carbocycles. The molecule has 62 valence electrons. The number of aromatic nitrogens is 1. The molecule has 0 saturated carbocycles. The molecule has 0 saturated heterocycles. The van der Waals surface area contributed by atoms with Gasteiger partial charge in [0.05, 0.1) is 0 Å². The number of rotatable bonds is 0. The van der Waals surface area contributed by atoms with Crippen LogP contribution in [0.3, 0.4) is 0 Å². The molecule has 1 aliphatic rings. The van der Waals surface area contributed by atoms with Crippen molar-refractivity contribution in [2.45, 2.75) is 13.8 Å². The van der Waals surface area contributed by atoms with Crippen LogP contribution in [0, 0.1) is 5.92 Å². The second-order valence-electron chi connectivity index (χ2n) is 3.33. The van der Waals surface area contributed by atoms with E-state index in [9.17, 15) is 0 Å². The molecular formula is C11H13N. The number of nitrogens with one attached hydrogen (secondary N) is 1. The van der Waals surface area contributed by atoms with Gasteiger partial charge in [-0.25, -0.2) is 0 Å². The average molecular weight is 159 g/mol. The van der Waals surface area contributed by atoms with Gasteiger partial charge in [-0.05, 0) is 29.7 Å². The first-order chi connectivity index (χ1) is 5.79. The van der Waals surface area contributed by atoms with E-state index < -0.39 is 0 Å². The van der Waals surface area contributed by atoms with Crippen LogP contribution in [0.15, 0.2) is 24.4 Å². The van der Waals surface area contributed by atoms with Crippen molar-refractivity contribution in [3.8, 4) is 0 Å². The highest BCUT2D eigenvalue weighted by Gasteiger charge is 2.03. The fourth-order valence-corrected chi connectivity index (χ4v) is 1.56. The third-order valence-corrected chi connectivity index (χ3v) is 2.53. The number of aromatic amines is 1. The number of fused-ring (bicyclic) bond motifs is 1. The molecule has 1 unspecified atom stereocenters. The van der Waals surface area contributed by atoms with E-state index in [1.807, 2.05) is 6.20 Å². The Bertz CT molecular complexity index is 420. The molecule has 0 aliphatic heterocycles. The smallest absolute Gasteiger partial charge is 0.0448 e. The van der Waals surface area contributed by atoms with Gasteiger partial charge in [0.15, 0.2) is 0 Å². The standard InChI is InChI=1S/C11H13N/c1-8-4-3-5-10-6-7-12-11(10)9(8)2/h3-8,12H,1-2H3. The first kappa shape index (κ1) is 7.41. The van der Waals surface area contributed by atoms with Crippen LogP contribution in [0.2, 0.25) is 0 Å². The summed E-state index contributed by atoms with van der Waals surface area (Å²) in [5.74, 6) is 0.543. The van der Waals surface area contributed by atoms with Crippen molar-refractivity contribution in [3.05, 3.63) is 35.0 Å². The largest absolute Gasteiger partial charge is 0.361 e. The van der Waals surface area contributed by atoms with Crippen LogP contribution >= 0.6 is 0 Å². The molecule has 0 aromatic carbocycles. The maximum Gasteiger partial charge on any atom is 0.0448 e. The van der Waals surface area contributed by atoms with Crippen molar-refractivity contribution >= 4 is 11.6 Å². The number of H-pyrrole nitrogens is 1. The molecule has 1 heteroatoms. The number of hydrogen-bond acceptors (Lipinski definition) is 0. The van der Waals surface area contributed by atoms with Crippen molar-refractivity contribution in [1.29, 1.82) is 0 Å². The van der Waals surface area contributed by atoms with Crippen LogP contribution < -0.4 is 10.6 Å². The summed E-state index contributed by atoms with van der Waals surface area (Å²) in [5.41, 5.74) is 1.42. The lowest BCUT2D eigenvalue weighted by molar-refractivity contribution is 0.941. The molecule has 0 spiro atoms. The molecule has 1 N–H and O–H groups in total. The van der Waals surface area contributed by atoms with E-state index in [0.29, 0.717) is 5.92 Å². The monoisotopic (exact) mass is 159 g/mol. The molecule has 2 rings (SSSR count). The zero-order chi connectivity index (χ0) is 8.55. The second-order valence-corrected chi connectivity index (χ2v) is 3.33. The van der Waals surface area contributed by atoms with Crippen LogP contribution in [0.25, 0.3) is 11.6 Å². The minimum Gasteiger partial charge on any atom is -0.361 e. The highest BCUT2D eigenvalue weighted by atomic mass is 14.6. The Labute approximate surface area is 72.1 Å². The minimum atomic E-state index is 0.543. The van der Waals surface area contributed by atoms with Gasteiger partial charge in [-0.2, -0.15) is 0 Å². The van der Waals surface area contributed by atoms with E-state index in [1.54, 1.807) is 0 Å². The zero-order valence-electron chi connectivity index (χ0n) is 7.46. The summed E-state index contributed by atoms with van der Waals surface area (Å²) in [6, 6.07) is 2.11. The molecule has 12 heavy (non-hydrogen) atoms. The molecule has 1 aromatic heterocycles. The summed E-state index contributed by atoms with van der Waals surface area (Å²) in [5, 5.41) is 2.58. The Morgan fingerprint density at radius 1 is 1.42 bits per heavy atom. The predicted molar refractivity (Wildman–Crippen MR) is 51.9 cm³/mol. The second kappa shape index (κ2) is 2.67. The Balaban J connectivity index is 2.84. The highest BCUT2D eigenvalue weighted by Crippen LogP contribution is 2.10. The molecule has 1 aromatic rings. The third-order valence-electron chi connectivity index (χ3n) is 2.53. The first-order valence-electron chi connectivity index (χ1n) is 4.32. The van der Waals surface area contributed by atoms with Crippen LogP contribution in [0.1, 0.15) is 13.8 Å². The fraction of sp³-hybridized carbons (Fsp3) is 0.273. The Morgan fingerprint density at radius 2 is 2.25 bits per heavy atom. The highest BCUT2D eigenvalue weighted by molar-refractivity contribution is 5.52. The quantitative estimate of drug-likeness (QED) is 0.585. The van der Waals surface area contributed by atoms with E-state index in [-0.39, 0.29) is 0 Å². The van der Waals surface area contributed by atoms with Gasteiger partial charge in [-0.15, -0.1) is 0 Å². The van der Waals surface area contributed by atoms with Gasteiger partial charge in [0, 0.05) is 11.5 Å². The van der Waals surface area contributed by atoms with Gasteiger partial charge in [-0.3, -0.25) is 0 Å². The summed E-state index contributed by atoms with van der Waals surface area (Å²) in [7, 11) is 0. The van der Waals surface area contributed by atoms with Crippen LogP contribution in [-0.2, 0) is 0 Å². The van der Waals surface area contributed by atoms with Crippen molar-refractivity contribution in [2.24, 2.45) is 5.92 Å². The Hall–Kier alpha value is -1.24. The first-order valence-corrected chi connectivity index (χ1v) is 4.32. The van der Waals surface area contributed by atoms with Gasteiger partial charge in [-0.1, -0.05) is 25.2 Å². The summed E-state index contributed by atoms with van der Waals surface area (Å²) in [6.07, 6.45) is 8.51. The van der Waals surface area contributed by atoms with Crippen molar-refractivity contribution < 1.29 is 0 Å². The molecule has 1 nitrogen and oxygen atoms in total. The van der Waals surface area contributed by atoms with Gasteiger partial charge >= 0.3 is 0 Å². The zero-order valence-corrected chi connectivity index (χ0v) is 7.46. The summed E-state index contributed by atoms with van der Waals surface area (Å²) in [4.78, 5) is 3.27. The topological polar surface area (TPSA) is 15.8 Å². The van der Waals surface area contributed by atoms with Gasteiger partial charge in [0.25, 0.3) is 0 Å². The maximum atomic E-state index is 3.27.